The number of hydrogen-bond donors (Lipinski definition) is 2. The number of nitrogens with zero attached hydrogens (tertiary/aromatic N) is 1. The SMILES string of the molecule is CCC1(CC)CN=C(NCCCNS(C)(=O)=O)SC1. The predicted molar refractivity (Wildman–Crippen MR) is 83.2 cm³/mol. The fraction of sp³-hybridized carbons (Fsp3) is 0.917. The van der Waals surface area contributed by atoms with Gasteiger partial charge in [-0.1, -0.05) is 25.6 Å². The van der Waals surface area contributed by atoms with Gasteiger partial charge in [0.05, 0.1) is 6.26 Å². The maximum atomic E-state index is 10.9. The highest BCUT2D eigenvalue weighted by molar-refractivity contribution is 8.13. The molecule has 0 aliphatic carbocycles. The van der Waals surface area contributed by atoms with Crippen LogP contribution in [0.3, 0.4) is 0 Å². The first-order valence-electron chi connectivity index (χ1n) is 6.76. The number of amidine groups is 1. The van der Waals surface area contributed by atoms with Crippen molar-refractivity contribution in [1.29, 1.82) is 0 Å². The highest BCUT2D eigenvalue weighted by Crippen LogP contribution is 2.34. The summed E-state index contributed by atoms with van der Waals surface area (Å²) in [5.41, 5.74) is 0.369. The summed E-state index contributed by atoms with van der Waals surface area (Å²) in [5, 5.41) is 4.27. The Bertz CT molecular complexity index is 403. The molecular weight excluding hydrogens is 282 g/mol. The molecule has 0 radical (unpaired) electrons. The van der Waals surface area contributed by atoms with Gasteiger partial charge in [-0.25, -0.2) is 13.1 Å². The van der Waals surface area contributed by atoms with Gasteiger partial charge in [0, 0.05) is 25.4 Å². The van der Waals surface area contributed by atoms with E-state index in [2.05, 4.69) is 28.9 Å². The van der Waals surface area contributed by atoms with Crippen molar-refractivity contribution in [2.75, 3.05) is 31.6 Å². The summed E-state index contributed by atoms with van der Waals surface area (Å²) in [6.45, 7) is 6.58. The van der Waals surface area contributed by atoms with Crippen molar-refractivity contribution in [2.24, 2.45) is 10.4 Å². The van der Waals surface area contributed by atoms with Gasteiger partial charge < -0.3 is 5.32 Å². The minimum absolute atomic E-state index is 0.369. The number of sulfonamides is 1. The van der Waals surface area contributed by atoms with Crippen LogP contribution in [-0.2, 0) is 10.0 Å². The zero-order valence-electron chi connectivity index (χ0n) is 12.0. The van der Waals surface area contributed by atoms with E-state index < -0.39 is 10.0 Å². The summed E-state index contributed by atoms with van der Waals surface area (Å²) in [6.07, 6.45) is 4.28. The summed E-state index contributed by atoms with van der Waals surface area (Å²) in [4.78, 5) is 4.60. The van der Waals surface area contributed by atoms with E-state index in [1.165, 1.54) is 19.1 Å². The molecule has 0 aromatic heterocycles. The Morgan fingerprint density at radius 3 is 2.47 bits per heavy atom. The zero-order valence-corrected chi connectivity index (χ0v) is 13.7. The molecule has 0 aromatic rings. The van der Waals surface area contributed by atoms with Gasteiger partial charge in [-0.3, -0.25) is 4.99 Å². The second-order valence-corrected chi connectivity index (χ2v) is 7.86. The van der Waals surface area contributed by atoms with Crippen LogP contribution in [0.25, 0.3) is 0 Å². The van der Waals surface area contributed by atoms with Crippen LogP contribution in [0, 0.1) is 5.41 Å². The van der Waals surface area contributed by atoms with Crippen LogP contribution in [0.5, 0.6) is 0 Å². The number of rotatable bonds is 7. The summed E-state index contributed by atoms with van der Waals surface area (Å²) in [7, 11) is -3.06. The van der Waals surface area contributed by atoms with Gasteiger partial charge in [0.1, 0.15) is 0 Å². The Hall–Kier alpha value is -0.270. The molecule has 1 heterocycles. The van der Waals surface area contributed by atoms with Crippen LogP contribution < -0.4 is 10.0 Å². The van der Waals surface area contributed by atoms with E-state index in [9.17, 15) is 8.42 Å². The van der Waals surface area contributed by atoms with E-state index in [0.29, 0.717) is 12.0 Å². The molecule has 112 valence electrons. The number of thioether (sulfide) groups is 1. The number of hydrogen-bond acceptors (Lipinski definition) is 5. The van der Waals surface area contributed by atoms with Crippen LogP contribution in [0.2, 0.25) is 0 Å². The lowest BCUT2D eigenvalue weighted by atomic mass is 9.84. The highest BCUT2D eigenvalue weighted by Gasteiger charge is 2.29. The molecule has 1 aliphatic rings. The molecule has 0 saturated heterocycles. The monoisotopic (exact) mass is 307 g/mol. The molecule has 0 bridgehead atoms. The lowest BCUT2D eigenvalue weighted by Gasteiger charge is -2.33. The van der Waals surface area contributed by atoms with E-state index in [4.69, 9.17) is 0 Å². The predicted octanol–water partition coefficient (Wildman–Crippen LogP) is 1.42. The maximum absolute atomic E-state index is 10.9. The lowest BCUT2D eigenvalue weighted by molar-refractivity contribution is 0.318. The zero-order chi connectivity index (χ0) is 14.4. The van der Waals surface area contributed by atoms with Gasteiger partial charge in [0.15, 0.2) is 5.17 Å². The summed E-state index contributed by atoms with van der Waals surface area (Å²) < 4.78 is 24.2. The minimum atomic E-state index is -3.06. The molecular formula is C12H25N3O2S2. The smallest absolute Gasteiger partial charge is 0.208 e. The van der Waals surface area contributed by atoms with Gasteiger partial charge in [-0.2, -0.15) is 0 Å². The van der Waals surface area contributed by atoms with E-state index in [1.807, 2.05) is 0 Å². The second-order valence-electron chi connectivity index (χ2n) is 5.06. The van der Waals surface area contributed by atoms with Crippen LogP contribution in [0.15, 0.2) is 4.99 Å². The first kappa shape index (κ1) is 16.8. The van der Waals surface area contributed by atoms with Crippen molar-refractivity contribution < 1.29 is 8.42 Å². The molecule has 0 unspecified atom stereocenters. The summed E-state index contributed by atoms with van der Waals surface area (Å²) in [5.74, 6) is 1.12. The second kappa shape index (κ2) is 7.50. The molecule has 2 N–H and O–H groups in total. The fourth-order valence-electron chi connectivity index (χ4n) is 1.88. The average molecular weight is 307 g/mol. The van der Waals surface area contributed by atoms with Crippen molar-refractivity contribution >= 4 is 27.0 Å². The number of nitrogens with one attached hydrogen (secondary N) is 2. The molecule has 19 heavy (non-hydrogen) atoms. The lowest BCUT2D eigenvalue weighted by Crippen LogP contribution is -2.35. The fourth-order valence-corrected chi connectivity index (χ4v) is 3.70. The van der Waals surface area contributed by atoms with Gasteiger partial charge >= 0.3 is 0 Å². The Kier molecular flexibility index (Phi) is 6.62. The molecule has 0 fully saturated rings. The molecule has 0 aromatic carbocycles. The van der Waals surface area contributed by atoms with Crippen LogP contribution in [0.4, 0.5) is 0 Å². The Morgan fingerprint density at radius 2 is 2.00 bits per heavy atom. The van der Waals surface area contributed by atoms with E-state index in [0.717, 1.165) is 30.4 Å². The molecule has 1 aliphatic heterocycles. The first-order valence-corrected chi connectivity index (χ1v) is 9.64. The van der Waals surface area contributed by atoms with Gasteiger partial charge in [-0.15, -0.1) is 0 Å². The highest BCUT2D eigenvalue weighted by atomic mass is 32.2. The van der Waals surface area contributed by atoms with E-state index in [-0.39, 0.29) is 0 Å². The third-order valence-electron chi connectivity index (χ3n) is 3.57. The molecule has 0 atom stereocenters. The van der Waals surface area contributed by atoms with Crippen LogP contribution in [-0.4, -0.2) is 45.2 Å². The van der Waals surface area contributed by atoms with Gasteiger partial charge in [0.2, 0.25) is 10.0 Å². The molecule has 1 rings (SSSR count). The first-order chi connectivity index (χ1) is 8.91. The molecule has 5 nitrogen and oxygen atoms in total. The topological polar surface area (TPSA) is 70.6 Å². The Balaban J connectivity index is 2.23. The summed E-state index contributed by atoms with van der Waals surface area (Å²) in [6, 6.07) is 0. The average Bonchev–Trinajstić information content (AvgIpc) is 2.38. The maximum Gasteiger partial charge on any atom is 0.208 e. The van der Waals surface area contributed by atoms with Gasteiger partial charge in [0.25, 0.3) is 0 Å². The molecule has 0 amide bonds. The van der Waals surface area contributed by atoms with Gasteiger partial charge in [-0.05, 0) is 24.7 Å². The van der Waals surface area contributed by atoms with Crippen molar-refractivity contribution in [2.45, 2.75) is 33.1 Å². The largest absolute Gasteiger partial charge is 0.365 e. The Labute approximate surface area is 121 Å². The van der Waals surface area contributed by atoms with E-state index >= 15 is 0 Å². The van der Waals surface area contributed by atoms with Crippen LogP contribution >= 0.6 is 11.8 Å². The van der Waals surface area contributed by atoms with Crippen molar-refractivity contribution in [1.82, 2.24) is 10.0 Å². The third kappa shape index (κ3) is 6.14. The summed E-state index contributed by atoms with van der Waals surface area (Å²) >= 11 is 1.78. The molecule has 7 heteroatoms. The quantitative estimate of drug-likeness (QED) is 0.698. The Morgan fingerprint density at radius 1 is 1.32 bits per heavy atom. The van der Waals surface area contributed by atoms with E-state index in [1.54, 1.807) is 11.8 Å². The van der Waals surface area contributed by atoms with Crippen LogP contribution in [0.1, 0.15) is 33.1 Å². The molecule has 0 saturated carbocycles. The van der Waals surface area contributed by atoms with Crippen molar-refractivity contribution in [3.8, 4) is 0 Å². The van der Waals surface area contributed by atoms with Crippen molar-refractivity contribution in [3.05, 3.63) is 0 Å². The molecule has 0 spiro atoms. The third-order valence-corrected chi connectivity index (χ3v) is 5.60. The normalized spacial score (nSPS) is 19.0. The standard InChI is InChI=1S/C12H25N3O2S2/c1-4-12(5-2)9-14-11(18-10-12)13-7-6-8-15-19(3,16)17/h15H,4-10H2,1-3H3,(H,13,14). The van der Waals surface area contributed by atoms with Crippen molar-refractivity contribution in [3.63, 3.8) is 0 Å². The minimum Gasteiger partial charge on any atom is -0.365 e. The number of aliphatic imine (C=N–C) groups is 1.